The first-order valence-corrected chi connectivity index (χ1v) is 9.97. The lowest BCUT2D eigenvalue weighted by Gasteiger charge is -2.45. The minimum Gasteiger partial charge on any atom is -0.380 e. The Morgan fingerprint density at radius 1 is 1.31 bits per heavy atom. The summed E-state index contributed by atoms with van der Waals surface area (Å²) in [5.41, 5.74) is 6.38. The fraction of sp³-hybridized carbons (Fsp3) is 0.381. The normalized spacial score (nSPS) is 25.2. The van der Waals surface area contributed by atoms with E-state index in [-0.39, 0.29) is 0 Å². The third kappa shape index (κ3) is 2.61. The molecule has 3 heterocycles. The predicted molar refractivity (Wildman–Crippen MR) is 110 cm³/mol. The van der Waals surface area contributed by atoms with Gasteiger partial charge in [-0.05, 0) is 49.2 Å². The van der Waals surface area contributed by atoms with Gasteiger partial charge in [0, 0.05) is 47.4 Å². The van der Waals surface area contributed by atoms with E-state index in [1.807, 2.05) is 6.20 Å². The van der Waals surface area contributed by atoms with Gasteiger partial charge in [-0.1, -0.05) is 12.1 Å². The van der Waals surface area contributed by atoms with Crippen molar-refractivity contribution in [3.63, 3.8) is 0 Å². The first-order chi connectivity index (χ1) is 12.7. The van der Waals surface area contributed by atoms with Crippen molar-refractivity contribution in [2.45, 2.75) is 36.6 Å². The van der Waals surface area contributed by atoms with Crippen molar-refractivity contribution in [2.75, 3.05) is 18.9 Å². The Labute approximate surface area is 159 Å². The van der Waals surface area contributed by atoms with E-state index in [1.54, 1.807) is 0 Å². The summed E-state index contributed by atoms with van der Waals surface area (Å²) < 4.78 is 0. The third-order valence-corrected chi connectivity index (χ3v) is 6.41. The van der Waals surface area contributed by atoms with Crippen LogP contribution in [0.2, 0.25) is 0 Å². The number of likely N-dealkylation sites (tertiary alicyclic amines) is 1. The van der Waals surface area contributed by atoms with E-state index in [0.717, 1.165) is 30.8 Å². The molecule has 4 nitrogen and oxygen atoms in total. The molecule has 5 rings (SSSR count). The van der Waals surface area contributed by atoms with Crippen LogP contribution in [0.3, 0.4) is 0 Å². The molecule has 5 heteroatoms. The standard InChI is InChI=1S/C21H24N4S/c1-25-11-16(24-14-5-6-15(12-26)22-10-14)8-18-17-3-2-4-19-21(17)13(9-23-19)7-20(18)25/h2-6,9-10,16,18,20,23-24,26H,7-8,11-12H2,1H3/t16?,18-,20-/m1/s1. The lowest BCUT2D eigenvalue weighted by Crippen LogP contribution is -2.51. The molecule has 2 aliphatic rings. The van der Waals surface area contributed by atoms with E-state index in [2.05, 4.69) is 76.4 Å². The molecule has 1 aliphatic heterocycles. The van der Waals surface area contributed by atoms with Gasteiger partial charge in [-0.25, -0.2) is 0 Å². The highest BCUT2D eigenvalue weighted by Crippen LogP contribution is 2.43. The maximum atomic E-state index is 4.46. The molecule has 1 aliphatic carbocycles. The Kier molecular flexibility index (Phi) is 3.94. The molecule has 1 fully saturated rings. The average molecular weight is 365 g/mol. The van der Waals surface area contributed by atoms with Gasteiger partial charge in [0.05, 0.1) is 17.6 Å². The molecule has 0 bridgehead atoms. The number of thiol groups is 1. The summed E-state index contributed by atoms with van der Waals surface area (Å²) in [5.74, 6) is 1.25. The zero-order valence-electron chi connectivity index (χ0n) is 14.9. The predicted octanol–water partition coefficient (Wildman–Crippen LogP) is 3.82. The second-order valence-corrected chi connectivity index (χ2v) is 7.99. The summed E-state index contributed by atoms with van der Waals surface area (Å²) in [6.45, 7) is 1.06. The number of benzene rings is 1. The van der Waals surface area contributed by atoms with Gasteiger partial charge in [-0.2, -0.15) is 12.6 Å². The number of piperidine rings is 1. The van der Waals surface area contributed by atoms with Crippen LogP contribution in [0.5, 0.6) is 0 Å². The van der Waals surface area contributed by atoms with E-state index >= 15 is 0 Å². The fourth-order valence-corrected chi connectivity index (χ4v) is 5.07. The largest absolute Gasteiger partial charge is 0.380 e. The molecule has 26 heavy (non-hydrogen) atoms. The quantitative estimate of drug-likeness (QED) is 0.619. The van der Waals surface area contributed by atoms with Crippen molar-refractivity contribution >= 4 is 29.2 Å². The Balaban J connectivity index is 1.43. The molecule has 0 amide bonds. The number of rotatable bonds is 3. The highest BCUT2D eigenvalue weighted by Gasteiger charge is 2.39. The van der Waals surface area contributed by atoms with Crippen LogP contribution in [0.25, 0.3) is 10.9 Å². The van der Waals surface area contributed by atoms with E-state index in [0.29, 0.717) is 23.8 Å². The number of likely N-dealkylation sites (N-methyl/N-ethyl adjacent to an activating group) is 1. The molecule has 2 aromatic heterocycles. The number of aromatic nitrogens is 2. The topological polar surface area (TPSA) is 44.0 Å². The number of nitrogens with one attached hydrogen (secondary N) is 2. The molecule has 1 unspecified atom stereocenters. The second-order valence-electron chi connectivity index (χ2n) is 7.67. The minimum absolute atomic E-state index is 0.431. The molecule has 1 saturated heterocycles. The number of pyridine rings is 1. The van der Waals surface area contributed by atoms with Crippen LogP contribution < -0.4 is 5.32 Å². The molecule has 0 radical (unpaired) electrons. The number of hydrogen-bond acceptors (Lipinski definition) is 4. The first kappa shape index (κ1) is 16.2. The lowest BCUT2D eigenvalue weighted by molar-refractivity contribution is 0.147. The van der Waals surface area contributed by atoms with Crippen molar-refractivity contribution in [1.82, 2.24) is 14.9 Å². The Bertz CT molecular complexity index is 933. The van der Waals surface area contributed by atoms with E-state index in [4.69, 9.17) is 0 Å². The summed E-state index contributed by atoms with van der Waals surface area (Å²) in [6, 6.07) is 11.9. The number of aromatic amines is 1. The number of fused-ring (bicyclic) bond motifs is 2. The van der Waals surface area contributed by atoms with Crippen LogP contribution in [-0.4, -0.2) is 40.5 Å². The molecule has 3 atom stereocenters. The van der Waals surface area contributed by atoms with Gasteiger partial charge in [0.1, 0.15) is 0 Å². The van der Waals surface area contributed by atoms with Crippen LogP contribution in [0.15, 0.2) is 42.7 Å². The van der Waals surface area contributed by atoms with Crippen LogP contribution in [-0.2, 0) is 12.2 Å². The van der Waals surface area contributed by atoms with Crippen molar-refractivity contribution in [2.24, 2.45) is 0 Å². The van der Waals surface area contributed by atoms with Gasteiger partial charge in [0.15, 0.2) is 0 Å². The van der Waals surface area contributed by atoms with E-state index < -0.39 is 0 Å². The van der Waals surface area contributed by atoms with Gasteiger partial charge in [0.25, 0.3) is 0 Å². The highest BCUT2D eigenvalue weighted by atomic mass is 32.1. The molecule has 134 valence electrons. The SMILES string of the molecule is CN1CC(Nc2ccc(CS)nc2)C[C@@H]2c3cccc4[nH]cc(c34)C[C@H]21. The average Bonchev–Trinajstić information content (AvgIpc) is 3.08. The first-order valence-electron chi connectivity index (χ1n) is 9.34. The summed E-state index contributed by atoms with van der Waals surface area (Å²) in [6.07, 6.45) is 6.44. The number of nitrogens with zero attached hydrogens (tertiary/aromatic N) is 2. The third-order valence-electron chi connectivity index (χ3n) is 6.08. The van der Waals surface area contributed by atoms with Crippen molar-refractivity contribution in [1.29, 1.82) is 0 Å². The maximum Gasteiger partial charge on any atom is 0.0529 e. The van der Waals surface area contributed by atoms with Crippen molar-refractivity contribution < 1.29 is 0 Å². The highest BCUT2D eigenvalue weighted by molar-refractivity contribution is 7.79. The van der Waals surface area contributed by atoms with E-state index in [9.17, 15) is 0 Å². The van der Waals surface area contributed by atoms with Gasteiger partial charge in [-0.3, -0.25) is 4.98 Å². The number of hydrogen-bond donors (Lipinski definition) is 3. The molecule has 0 saturated carbocycles. The number of anilines is 1. The minimum atomic E-state index is 0.431. The van der Waals surface area contributed by atoms with Gasteiger partial charge in [0.2, 0.25) is 0 Å². The van der Waals surface area contributed by atoms with Gasteiger partial charge in [-0.15, -0.1) is 0 Å². The maximum absolute atomic E-state index is 4.46. The lowest BCUT2D eigenvalue weighted by atomic mass is 9.74. The van der Waals surface area contributed by atoms with Gasteiger partial charge < -0.3 is 15.2 Å². The molecular formula is C21H24N4S. The summed E-state index contributed by atoms with van der Waals surface area (Å²) in [4.78, 5) is 10.5. The Hall–Kier alpha value is -1.98. The number of H-pyrrole nitrogens is 1. The second kappa shape index (κ2) is 6.32. The van der Waals surface area contributed by atoms with Crippen LogP contribution >= 0.6 is 12.6 Å². The molecule has 1 aromatic carbocycles. The zero-order valence-corrected chi connectivity index (χ0v) is 15.8. The van der Waals surface area contributed by atoms with Crippen molar-refractivity contribution in [3.8, 4) is 0 Å². The van der Waals surface area contributed by atoms with Gasteiger partial charge >= 0.3 is 0 Å². The molecular weight excluding hydrogens is 340 g/mol. The van der Waals surface area contributed by atoms with E-state index in [1.165, 1.54) is 22.0 Å². The molecule has 0 spiro atoms. The summed E-state index contributed by atoms with van der Waals surface area (Å²) >= 11 is 4.29. The van der Waals surface area contributed by atoms with Crippen LogP contribution in [0, 0.1) is 0 Å². The summed E-state index contributed by atoms with van der Waals surface area (Å²) in [7, 11) is 2.27. The van der Waals surface area contributed by atoms with Crippen molar-refractivity contribution in [3.05, 3.63) is 59.5 Å². The monoisotopic (exact) mass is 364 g/mol. The smallest absolute Gasteiger partial charge is 0.0529 e. The fourth-order valence-electron chi connectivity index (χ4n) is 4.89. The van der Waals surface area contributed by atoms with Crippen LogP contribution in [0.4, 0.5) is 5.69 Å². The van der Waals surface area contributed by atoms with Crippen LogP contribution in [0.1, 0.15) is 29.2 Å². The molecule has 2 N–H and O–H groups in total. The summed E-state index contributed by atoms with van der Waals surface area (Å²) in [5, 5.41) is 5.17. The zero-order chi connectivity index (χ0) is 17.7. The molecule has 3 aromatic rings. The Morgan fingerprint density at radius 2 is 2.23 bits per heavy atom. The Morgan fingerprint density at radius 3 is 3.04 bits per heavy atom.